The number of hydrogen-bond donors (Lipinski definition) is 2. The van der Waals surface area contributed by atoms with Crippen molar-refractivity contribution in [3.63, 3.8) is 0 Å². The Balaban J connectivity index is 1.95. The van der Waals surface area contributed by atoms with Crippen LogP contribution in [0.3, 0.4) is 0 Å². The van der Waals surface area contributed by atoms with Gasteiger partial charge in [0.2, 0.25) is 5.91 Å². The zero-order chi connectivity index (χ0) is 16.8. The lowest BCUT2D eigenvalue weighted by Crippen LogP contribution is -2.23. The van der Waals surface area contributed by atoms with Crippen LogP contribution in [0.1, 0.15) is 19.4 Å². The molecule has 2 aromatic carbocycles. The van der Waals surface area contributed by atoms with Crippen LogP contribution in [0.2, 0.25) is 0 Å². The van der Waals surface area contributed by atoms with Gasteiger partial charge in [0.05, 0.1) is 0 Å². The Morgan fingerprint density at radius 3 is 1.91 bits per heavy atom. The van der Waals surface area contributed by atoms with Crippen LogP contribution in [0.5, 0.6) is 0 Å². The molecule has 23 heavy (non-hydrogen) atoms. The molecular weight excluding hydrogens is 306 g/mol. The summed E-state index contributed by atoms with van der Waals surface area (Å²) in [6.07, 6.45) is 1.02. The zero-order valence-corrected chi connectivity index (χ0v) is 14.4. The fourth-order valence-electron chi connectivity index (χ4n) is 2.07. The van der Waals surface area contributed by atoms with Crippen LogP contribution in [-0.2, 0) is 11.2 Å². The molecule has 0 aliphatic heterocycles. The summed E-state index contributed by atoms with van der Waals surface area (Å²) in [5.41, 5.74) is 3.96. The summed E-state index contributed by atoms with van der Waals surface area (Å²) in [5.74, 6) is -0.00146. The van der Waals surface area contributed by atoms with Crippen molar-refractivity contribution in [1.82, 2.24) is 0 Å². The van der Waals surface area contributed by atoms with Crippen molar-refractivity contribution < 1.29 is 4.79 Å². The molecule has 0 heterocycles. The Kier molecular flexibility index (Phi) is 5.71. The van der Waals surface area contributed by atoms with Crippen LogP contribution in [-0.4, -0.2) is 18.1 Å². The van der Waals surface area contributed by atoms with E-state index in [1.54, 1.807) is 11.9 Å². The minimum Gasteiger partial charge on any atom is -0.332 e. The van der Waals surface area contributed by atoms with Crippen LogP contribution in [0, 0.1) is 0 Å². The van der Waals surface area contributed by atoms with Crippen LogP contribution >= 0.6 is 12.2 Å². The average molecular weight is 327 g/mol. The van der Waals surface area contributed by atoms with Gasteiger partial charge in [-0.15, -0.1) is 0 Å². The first-order chi connectivity index (χ1) is 11.0. The standard InChI is InChI=1S/C18H21N3OS/c1-4-14-5-7-15(8-6-14)19-18(23)20-16-9-11-17(12-10-16)21(3)13(2)22/h5-12H,4H2,1-3H3,(H2,19,20,23). The van der Waals surface area contributed by atoms with Gasteiger partial charge < -0.3 is 15.5 Å². The summed E-state index contributed by atoms with van der Waals surface area (Å²) in [5, 5.41) is 6.81. The maximum Gasteiger partial charge on any atom is 0.223 e. The number of thiocarbonyl (C=S) groups is 1. The predicted molar refractivity (Wildman–Crippen MR) is 101 cm³/mol. The number of aryl methyl sites for hydroxylation is 1. The van der Waals surface area contributed by atoms with E-state index in [1.807, 2.05) is 36.4 Å². The molecular formula is C18H21N3OS. The van der Waals surface area contributed by atoms with Gasteiger partial charge in [-0.2, -0.15) is 0 Å². The lowest BCUT2D eigenvalue weighted by atomic mass is 10.1. The lowest BCUT2D eigenvalue weighted by molar-refractivity contribution is -0.116. The van der Waals surface area contributed by atoms with E-state index in [4.69, 9.17) is 12.2 Å². The van der Waals surface area contributed by atoms with E-state index < -0.39 is 0 Å². The van der Waals surface area contributed by atoms with Gasteiger partial charge >= 0.3 is 0 Å². The summed E-state index contributed by atoms with van der Waals surface area (Å²) >= 11 is 5.32. The minimum atomic E-state index is -0.00146. The van der Waals surface area contributed by atoms with Gasteiger partial charge in [-0.3, -0.25) is 4.79 Å². The molecule has 120 valence electrons. The van der Waals surface area contributed by atoms with E-state index in [9.17, 15) is 4.79 Å². The molecule has 0 atom stereocenters. The number of carbonyl (C=O) groups is 1. The van der Waals surface area contributed by atoms with Crippen molar-refractivity contribution in [1.29, 1.82) is 0 Å². The van der Waals surface area contributed by atoms with Gasteiger partial charge in [0.25, 0.3) is 0 Å². The number of nitrogens with one attached hydrogen (secondary N) is 2. The number of hydrogen-bond acceptors (Lipinski definition) is 2. The van der Waals surface area contributed by atoms with Crippen molar-refractivity contribution in [2.24, 2.45) is 0 Å². The van der Waals surface area contributed by atoms with Gasteiger partial charge in [0.1, 0.15) is 0 Å². The first kappa shape index (κ1) is 17.0. The van der Waals surface area contributed by atoms with Gasteiger partial charge in [0.15, 0.2) is 5.11 Å². The van der Waals surface area contributed by atoms with Gasteiger partial charge in [0, 0.05) is 31.0 Å². The molecule has 0 radical (unpaired) electrons. The fraction of sp³-hybridized carbons (Fsp3) is 0.222. The van der Waals surface area contributed by atoms with E-state index in [0.717, 1.165) is 23.5 Å². The summed E-state index contributed by atoms with van der Waals surface area (Å²) in [4.78, 5) is 12.9. The highest BCUT2D eigenvalue weighted by atomic mass is 32.1. The molecule has 2 rings (SSSR count). The largest absolute Gasteiger partial charge is 0.332 e. The van der Waals surface area contributed by atoms with Crippen molar-refractivity contribution >= 4 is 40.3 Å². The summed E-state index contributed by atoms with van der Waals surface area (Å²) in [6, 6.07) is 15.7. The highest BCUT2D eigenvalue weighted by Crippen LogP contribution is 2.17. The molecule has 0 saturated heterocycles. The first-order valence-corrected chi connectivity index (χ1v) is 7.91. The normalized spacial score (nSPS) is 10.0. The topological polar surface area (TPSA) is 44.4 Å². The van der Waals surface area contributed by atoms with Crippen LogP contribution in [0.15, 0.2) is 48.5 Å². The Morgan fingerprint density at radius 1 is 1.00 bits per heavy atom. The Bertz CT molecular complexity index is 680. The van der Waals surface area contributed by atoms with Crippen LogP contribution < -0.4 is 15.5 Å². The minimum absolute atomic E-state index is 0.00146. The van der Waals surface area contributed by atoms with E-state index in [2.05, 4.69) is 29.7 Å². The summed E-state index contributed by atoms with van der Waals surface area (Å²) in [6.45, 7) is 3.66. The van der Waals surface area contributed by atoms with Crippen molar-refractivity contribution in [3.8, 4) is 0 Å². The number of amides is 1. The molecule has 0 aliphatic rings. The zero-order valence-electron chi connectivity index (χ0n) is 13.6. The van der Waals surface area contributed by atoms with Crippen molar-refractivity contribution in [2.75, 3.05) is 22.6 Å². The molecule has 4 nitrogen and oxygen atoms in total. The third-order valence-corrected chi connectivity index (χ3v) is 3.81. The molecule has 1 amide bonds. The van der Waals surface area contributed by atoms with Crippen LogP contribution in [0.25, 0.3) is 0 Å². The second-order valence-corrected chi connectivity index (χ2v) is 5.66. The number of anilines is 3. The molecule has 5 heteroatoms. The molecule has 0 bridgehead atoms. The third kappa shape index (κ3) is 4.79. The van der Waals surface area contributed by atoms with Gasteiger partial charge in [-0.1, -0.05) is 19.1 Å². The molecule has 2 aromatic rings. The molecule has 0 aliphatic carbocycles. The maximum atomic E-state index is 11.3. The molecule has 2 N–H and O–H groups in total. The first-order valence-electron chi connectivity index (χ1n) is 7.51. The molecule has 0 spiro atoms. The van der Waals surface area contributed by atoms with E-state index in [-0.39, 0.29) is 5.91 Å². The van der Waals surface area contributed by atoms with Gasteiger partial charge in [-0.25, -0.2) is 0 Å². The molecule has 0 fully saturated rings. The van der Waals surface area contributed by atoms with Gasteiger partial charge in [-0.05, 0) is 60.6 Å². The SMILES string of the molecule is CCc1ccc(NC(=S)Nc2ccc(N(C)C(C)=O)cc2)cc1. The van der Waals surface area contributed by atoms with E-state index >= 15 is 0 Å². The molecule has 0 aromatic heterocycles. The number of nitrogens with zero attached hydrogens (tertiary/aromatic N) is 1. The highest BCUT2D eigenvalue weighted by Gasteiger charge is 2.05. The Labute approximate surface area is 142 Å². The van der Waals surface area contributed by atoms with Crippen molar-refractivity contribution in [3.05, 3.63) is 54.1 Å². The third-order valence-electron chi connectivity index (χ3n) is 3.60. The number of rotatable bonds is 4. The summed E-state index contributed by atoms with van der Waals surface area (Å²) < 4.78 is 0. The second kappa shape index (κ2) is 7.74. The highest BCUT2D eigenvalue weighted by molar-refractivity contribution is 7.80. The second-order valence-electron chi connectivity index (χ2n) is 5.25. The maximum absolute atomic E-state index is 11.3. The van der Waals surface area contributed by atoms with E-state index in [1.165, 1.54) is 12.5 Å². The Morgan fingerprint density at radius 2 is 1.48 bits per heavy atom. The fourth-order valence-corrected chi connectivity index (χ4v) is 2.30. The molecule has 0 unspecified atom stereocenters. The monoisotopic (exact) mass is 327 g/mol. The van der Waals surface area contributed by atoms with E-state index in [0.29, 0.717) is 5.11 Å². The van der Waals surface area contributed by atoms with Crippen molar-refractivity contribution in [2.45, 2.75) is 20.3 Å². The molecule has 0 saturated carbocycles. The Hall–Kier alpha value is -2.40. The quantitative estimate of drug-likeness (QED) is 0.832. The van der Waals surface area contributed by atoms with Crippen LogP contribution in [0.4, 0.5) is 17.1 Å². The predicted octanol–water partition coefficient (Wildman–Crippen LogP) is 4.04. The summed E-state index contributed by atoms with van der Waals surface area (Å²) in [7, 11) is 1.75. The number of carbonyl (C=O) groups excluding carboxylic acids is 1. The number of benzene rings is 2. The lowest BCUT2D eigenvalue weighted by Gasteiger charge is -2.16. The smallest absolute Gasteiger partial charge is 0.223 e. The average Bonchev–Trinajstić information content (AvgIpc) is 2.55.